The number of carbonyl (C=O) groups is 1. The van der Waals surface area contributed by atoms with Crippen molar-refractivity contribution in [3.05, 3.63) is 59.5 Å². The number of aryl methyl sites for hydroxylation is 1. The first-order valence-electron chi connectivity index (χ1n) is 6.05. The zero-order valence-corrected chi connectivity index (χ0v) is 10.6. The first-order chi connectivity index (χ1) is 8.65. The van der Waals surface area contributed by atoms with Gasteiger partial charge in [-0.25, -0.2) is 0 Å². The lowest BCUT2D eigenvalue weighted by Gasteiger charge is -2.12. The molecule has 18 heavy (non-hydrogen) atoms. The molecule has 3 nitrogen and oxygen atoms in total. The van der Waals surface area contributed by atoms with Gasteiger partial charge < -0.3 is 9.73 Å². The summed E-state index contributed by atoms with van der Waals surface area (Å²) in [6.07, 6.45) is 2.34. The molecule has 0 aliphatic carbocycles. The third-order valence-electron chi connectivity index (χ3n) is 2.75. The van der Waals surface area contributed by atoms with Crippen LogP contribution >= 0.6 is 0 Å². The fraction of sp³-hybridized carbons (Fsp3) is 0.267. The van der Waals surface area contributed by atoms with Crippen molar-refractivity contribution in [1.82, 2.24) is 5.32 Å². The monoisotopic (exact) mass is 243 g/mol. The van der Waals surface area contributed by atoms with Gasteiger partial charge in [-0.1, -0.05) is 17.7 Å². The third kappa shape index (κ3) is 3.23. The second-order valence-electron chi connectivity index (χ2n) is 4.53. The summed E-state index contributed by atoms with van der Waals surface area (Å²) in [4.78, 5) is 12.0. The summed E-state index contributed by atoms with van der Waals surface area (Å²) in [6, 6.07) is 11.4. The molecule has 0 spiro atoms. The Morgan fingerprint density at radius 2 is 2.17 bits per heavy atom. The molecule has 0 saturated heterocycles. The molecule has 2 aromatic rings. The number of hydrogen-bond donors (Lipinski definition) is 1. The van der Waals surface area contributed by atoms with Gasteiger partial charge in [-0.15, -0.1) is 0 Å². The molecule has 0 bridgehead atoms. The van der Waals surface area contributed by atoms with Crippen molar-refractivity contribution in [2.24, 2.45) is 0 Å². The predicted molar refractivity (Wildman–Crippen MR) is 70.5 cm³/mol. The number of carbonyl (C=O) groups excluding carboxylic acids is 1. The Hall–Kier alpha value is -2.03. The lowest BCUT2D eigenvalue weighted by Crippen LogP contribution is -2.34. The molecule has 0 fully saturated rings. The van der Waals surface area contributed by atoms with Crippen LogP contribution in [-0.2, 0) is 6.42 Å². The van der Waals surface area contributed by atoms with Gasteiger partial charge in [0.1, 0.15) is 5.76 Å². The average molecular weight is 243 g/mol. The molecule has 1 atom stereocenters. The molecule has 0 saturated carbocycles. The van der Waals surface area contributed by atoms with Crippen LogP contribution in [0.1, 0.15) is 28.6 Å². The molecule has 0 aliphatic rings. The highest BCUT2D eigenvalue weighted by atomic mass is 16.3. The van der Waals surface area contributed by atoms with Crippen LogP contribution in [0, 0.1) is 6.92 Å². The summed E-state index contributed by atoms with van der Waals surface area (Å²) in [5.41, 5.74) is 1.78. The molecule has 1 unspecified atom stereocenters. The summed E-state index contributed by atoms with van der Waals surface area (Å²) < 4.78 is 5.26. The number of rotatable bonds is 4. The smallest absolute Gasteiger partial charge is 0.251 e. The molecular formula is C15H17NO2. The van der Waals surface area contributed by atoms with Crippen molar-refractivity contribution in [2.45, 2.75) is 26.3 Å². The molecule has 1 amide bonds. The lowest BCUT2D eigenvalue weighted by atomic mass is 10.1. The van der Waals surface area contributed by atoms with E-state index < -0.39 is 0 Å². The van der Waals surface area contributed by atoms with E-state index in [2.05, 4.69) is 5.32 Å². The number of benzene rings is 1. The molecule has 94 valence electrons. The van der Waals surface area contributed by atoms with E-state index in [1.54, 1.807) is 6.26 Å². The van der Waals surface area contributed by atoms with E-state index >= 15 is 0 Å². The lowest BCUT2D eigenvalue weighted by molar-refractivity contribution is 0.0939. The quantitative estimate of drug-likeness (QED) is 0.897. The maximum absolute atomic E-state index is 12.0. The Kier molecular flexibility index (Phi) is 3.82. The summed E-state index contributed by atoms with van der Waals surface area (Å²) in [7, 11) is 0. The first-order valence-corrected chi connectivity index (χ1v) is 6.05. The van der Waals surface area contributed by atoms with E-state index in [4.69, 9.17) is 4.42 Å². The normalized spacial score (nSPS) is 12.1. The van der Waals surface area contributed by atoms with E-state index in [0.29, 0.717) is 12.0 Å². The number of furan rings is 1. The SMILES string of the molecule is Cc1cccc(C(=O)NC(C)Cc2ccco2)c1. The van der Waals surface area contributed by atoms with Gasteiger partial charge in [0.05, 0.1) is 6.26 Å². The van der Waals surface area contributed by atoms with Gasteiger partial charge in [0.2, 0.25) is 0 Å². The zero-order chi connectivity index (χ0) is 13.0. The van der Waals surface area contributed by atoms with Gasteiger partial charge >= 0.3 is 0 Å². The number of nitrogens with one attached hydrogen (secondary N) is 1. The number of hydrogen-bond acceptors (Lipinski definition) is 2. The van der Waals surface area contributed by atoms with Crippen LogP contribution in [0.3, 0.4) is 0 Å². The van der Waals surface area contributed by atoms with Crippen LogP contribution in [0.2, 0.25) is 0 Å². The van der Waals surface area contributed by atoms with E-state index in [1.165, 1.54) is 0 Å². The minimum Gasteiger partial charge on any atom is -0.469 e. The fourth-order valence-electron chi connectivity index (χ4n) is 1.87. The second-order valence-corrected chi connectivity index (χ2v) is 4.53. The number of amides is 1. The Morgan fingerprint density at radius 3 is 2.83 bits per heavy atom. The standard InChI is InChI=1S/C15H17NO2/c1-11-5-3-6-13(9-11)15(17)16-12(2)10-14-7-4-8-18-14/h3-9,12H,10H2,1-2H3,(H,16,17). The van der Waals surface area contributed by atoms with Crippen LogP contribution in [0.5, 0.6) is 0 Å². The van der Waals surface area contributed by atoms with Gasteiger partial charge in [0, 0.05) is 18.0 Å². The molecule has 1 aromatic carbocycles. The topological polar surface area (TPSA) is 42.2 Å². The van der Waals surface area contributed by atoms with E-state index in [1.807, 2.05) is 50.2 Å². The largest absolute Gasteiger partial charge is 0.469 e. The Morgan fingerprint density at radius 1 is 1.33 bits per heavy atom. The molecule has 1 heterocycles. The molecule has 1 N–H and O–H groups in total. The average Bonchev–Trinajstić information content (AvgIpc) is 2.81. The van der Waals surface area contributed by atoms with Gasteiger partial charge in [-0.3, -0.25) is 4.79 Å². The fourth-order valence-corrected chi connectivity index (χ4v) is 1.87. The van der Waals surface area contributed by atoms with Crippen LogP contribution in [0.15, 0.2) is 47.1 Å². The van der Waals surface area contributed by atoms with Crippen LogP contribution in [0.25, 0.3) is 0 Å². The summed E-state index contributed by atoms with van der Waals surface area (Å²) in [5, 5.41) is 2.96. The maximum atomic E-state index is 12.0. The van der Waals surface area contributed by atoms with Gasteiger partial charge in [0.25, 0.3) is 5.91 Å². The minimum atomic E-state index is -0.0437. The molecular weight excluding hydrogens is 226 g/mol. The van der Waals surface area contributed by atoms with E-state index in [0.717, 1.165) is 11.3 Å². The van der Waals surface area contributed by atoms with Gasteiger partial charge in [-0.2, -0.15) is 0 Å². The summed E-state index contributed by atoms with van der Waals surface area (Å²) in [6.45, 7) is 3.94. The van der Waals surface area contributed by atoms with Crippen LogP contribution < -0.4 is 5.32 Å². The Labute approximate surface area is 107 Å². The van der Waals surface area contributed by atoms with Gasteiger partial charge in [0.15, 0.2) is 0 Å². The molecule has 0 radical (unpaired) electrons. The van der Waals surface area contributed by atoms with Crippen molar-refractivity contribution in [1.29, 1.82) is 0 Å². The van der Waals surface area contributed by atoms with Crippen molar-refractivity contribution in [2.75, 3.05) is 0 Å². The van der Waals surface area contributed by atoms with E-state index in [-0.39, 0.29) is 11.9 Å². The van der Waals surface area contributed by atoms with Crippen LogP contribution in [-0.4, -0.2) is 11.9 Å². The second kappa shape index (κ2) is 5.54. The molecule has 2 rings (SSSR count). The Balaban J connectivity index is 1.95. The minimum absolute atomic E-state index is 0.0437. The van der Waals surface area contributed by atoms with Crippen molar-refractivity contribution in [3.63, 3.8) is 0 Å². The molecule has 3 heteroatoms. The van der Waals surface area contributed by atoms with Crippen molar-refractivity contribution >= 4 is 5.91 Å². The molecule has 0 aliphatic heterocycles. The highest BCUT2D eigenvalue weighted by molar-refractivity contribution is 5.94. The predicted octanol–water partition coefficient (Wildman–Crippen LogP) is 2.95. The zero-order valence-electron chi connectivity index (χ0n) is 10.6. The Bertz CT molecular complexity index is 517. The highest BCUT2D eigenvalue weighted by Crippen LogP contribution is 2.07. The van der Waals surface area contributed by atoms with Crippen molar-refractivity contribution < 1.29 is 9.21 Å². The van der Waals surface area contributed by atoms with Crippen molar-refractivity contribution in [3.8, 4) is 0 Å². The summed E-state index contributed by atoms with van der Waals surface area (Å²) in [5.74, 6) is 0.838. The first kappa shape index (κ1) is 12.4. The third-order valence-corrected chi connectivity index (χ3v) is 2.75. The molecule has 1 aromatic heterocycles. The summed E-state index contributed by atoms with van der Waals surface area (Å²) >= 11 is 0. The van der Waals surface area contributed by atoms with E-state index in [9.17, 15) is 4.79 Å². The highest BCUT2D eigenvalue weighted by Gasteiger charge is 2.11. The van der Waals surface area contributed by atoms with Gasteiger partial charge in [-0.05, 0) is 38.1 Å². The maximum Gasteiger partial charge on any atom is 0.251 e. The van der Waals surface area contributed by atoms with Crippen LogP contribution in [0.4, 0.5) is 0 Å².